The van der Waals surface area contributed by atoms with Gasteiger partial charge in [0, 0.05) is 31.9 Å². The molecule has 2 heterocycles. The Morgan fingerprint density at radius 2 is 1.70 bits per heavy atom. The highest BCUT2D eigenvalue weighted by Gasteiger charge is 2.46. The van der Waals surface area contributed by atoms with Crippen molar-refractivity contribution in [2.45, 2.75) is 19.5 Å². The summed E-state index contributed by atoms with van der Waals surface area (Å²) >= 11 is 0. The molecule has 1 fully saturated rings. The molecule has 1 atom stereocenters. The lowest BCUT2D eigenvalue weighted by atomic mass is 9.95. The van der Waals surface area contributed by atoms with Crippen LogP contribution in [0.5, 0.6) is 17.2 Å². The smallest absolute Gasteiger partial charge is 0.295 e. The predicted molar refractivity (Wildman–Crippen MR) is 139 cm³/mol. The third-order valence-corrected chi connectivity index (χ3v) is 6.49. The molecule has 1 saturated heterocycles. The molecule has 37 heavy (non-hydrogen) atoms. The first-order valence-corrected chi connectivity index (χ1v) is 12.0. The zero-order valence-electron chi connectivity index (χ0n) is 20.9. The van der Waals surface area contributed by atoms with E-state index in [1.807, 2.05) is 56.3 Å². The van der Waals surface area contributed by atoms with Crippen molar-refractivity contribution in [3.8, 4) is 17.2 Å². The molecule has 3 aromatic carbocycles. The van der Waals surface area contributed by atoms with E-state index < -0.39 is 17.7 Å². The average molecular weight is 501 g/mol. The summed E-state index contributed by atoms with van der Waals surface area (Å²) in [5.41, 5.74) is 2.95. The van der Waals surface area contributed by atoms with Crippen molar-refractivity contribution in [3.63, 3.8) is 0 Å². The molecule has 0 bridgehead atoms. The number of amides is 1. The molecule has 0 saturated carbocycles. The van der Waals surface area contributed by atoms with Crippen LogP contribution < -0.4 is 19.1 Å². The molecule has 1 amide bonds. The van der Waals surface area contributed by atoms with Crippen LogP contribution >= 0.6 is 0 Å². The molecule has 8 heteroatoms. The number of Topliss-reactive ketones (excluding diaryl/α,β-unsaturated/α-hetero) is 1. The van der Waals surface area contributed by atoms with Crippen molar-refractivity contribution in [1.82, 2.24) is 4.90 Å². The second-order valence-electron chi connectivity index (χ2n) is 9.06. The molecule has 1 N–H and O–H groups in total. The standard InChI is InChI=1S/C29H28N2O6/c1-4-35-22-12-8-20(9-13-22)27(32)25-26(19-6-10-21(11-7-19)30(2)3)31(29(34)28(25)33)16-18-5-14-23-24(15-18)37-17-36-23/h5-15,26,32H,4,16-17H2,1-3H3/b27-25+. The molecule has 2 aliphatic heterocycles. The van der Waals surface area contributed by atoms with Crippen molar-refractivity contribution in [1.29, 1.82) is 0 Å². The van der Waals surface area contributed by atoms with Crippen LogP contribution in [-0.2, 0) is 16.1 Å². The Labute approximate surface area is 215 Å². The van der Waals surface area contributed by atoms with Gasteiger partial charge in [0.05, 0.1) is 18.2 Å². The third-order valence-electron chi connectivity index (χ3n) is 6.49. The van der Waals surface area contributed by atoms with E-state index in [2.05, 4.69) is 0 Å². The maximum atomic E-state index is 13.3. The molecule has 8 nitrogen and oxygen atoms in total. The largest absolute Gasteiger partial charge is 0.507 e. The zero-order valence-corrected chi connectivity index (χ0v) is 20.9. The number of hydrogen-bond donors (Lipinski definition) is 1. The molecule has 190 valence electrons. The Bertz CT molecular complexity index is 1360. The minimum Gasteiger partial charge on any atom is -0.507 e. The van der Waals surface area contributed by atoms with Crippen LogP contribution in [-0.4, -0.2) is 49.2 Å². The van der Waals surface area contributed by atoms with E-state index in [4.69, 9.17) is 14.2 Å². The predicted octanol–water partition coefficient (Wildman–Crippen LogP) is 4.50. The second-order valence-corrected chi connectivity index (χ2v) is 9.06. The summed E-state index contributed by atoms with van der Waals surface area (Å²) in [6, 6.07) is 19.1. The van der Waals surface area contributed by atoms with E-state index in [0.717, 1.165) is 16.8 Å². The number of benzene rings is 3. The van der Waals surface area contributed by atoms with E-state index >= 15 is 0 Å². The van der Waals surface area contributed by atoms with Crippen LogP contribution in [0.4, 0.5) is 5.69 Å². The van der Waals surface area contributed by atoms with Crippen LogP contribution in [0.3, 0.4) is 0 Å². The Morgan fingerprint density at radius 1 is 1.00 bits per heavy atom. The Hall–Kier alpha value is -4.46. The van der Waals surface area contributed by atoms with Crippen LogP contribution in [0, 0.1) is 0 Å². The van der Waals surface area contributed by atoms with Gasteiger partial charge < -0.3 is 29.1 Å². The topological polar surface area (TPSA) is 88.5 Å². The van der Waals surface area contributed by atoms with Crippen molar-refractivity contribution < 1.29 is 28.9 Å². The van der Waals surface area contributed by atoms with E-state index in [1.165, 1.54) is 4.90 Å². The number of anilines is 1. The maximum Gasteiger partial charge on any atom is 0.295 e. The lowest BCUT2D eigenvalue weighted by Crippen LogP contribution is -2.29. The lowest BCUT2D eigenvalue weighted by Gasteiger charge is -2.26. The number of aliphatic hydroxyl groups is 1. The zero-order chi connectivity index (χ0) is 26.1. The number of ketones is 1. The number of ether oxygens (including phenoxy) is 3. The van der Waals surface area contributed by atoms with Gasteiger partial charge in [-0.15, -0.1) is 0 Å². The number of rotatable bonds is 7. The van der Waals surface area contributed by atoms with E-state index in [-0.39, 0.29) is 24.7 Å². The molecule has 0 spiro atoms. The lowest BCUT2D eigenvalue weighted by molar-refractivity contribution is -0.140. The molecule has 1 unspecified atom stereocenters. The highest BCUT2D eigenvalue weighted by Crippen LogP contribution is 2.41. The van der Waals surface area contributed by atoms with Crippen molar-refractivity contribution >= 4 is 23.1 Å². The fraction of sp³-hybridized carbons (Fsp3) is 0.241. The van der Waals surface area contributed by atoms with Gasteiger partial charge >= 0.3 is 0 Å². The molecular formula is C29H28N2O6. The molecule has 0 aliphatic carbocycles. The molecule has 2 aliphatic rings. The monoisotopic (exact) mass is 500 g/mol. The van der Waals surface area contributed by atoms with Gasteiger partial charge in [0.1, 0.15) is 11.5 Å². The van der Waals surface area contributed by atoms with Gasteiger partial charge in [0.25, 0.3) is 11.7 Å². The quantitative estimate of drug-likeness (QED) is 0.290. The summed E-state index contributed by atoms with van der Waals surface area (Å²) in [6.45, 7) is 2.70. The fourth-order valence-electron chi connectivity index (χ4n) is 4.61. The number of nitrogens with zero attached hydrogens (tertiary/aromatic N) is 2. The van der Waals surface area contributed by atoms with Gasteiger partial charge in [-0.05, 0) is 66.6 Å². The van der Waals surface area contributed by atoms with E-state index in [9.17, 15) is 14.7 Å². The van der Waals surface area contributed by atoms with E-state index in [1.54, 1.807) is 36.4 Å². The molecule has 0 aromatic heterocycles. The average Bonchev–Trinajstić information content (AvgIpc) is 3.47. The summed E-state index contributed by atoms with van der Waals surface area (Å²) in [6.07, 6.45) is 0. The first kappa shape index (κ1) is 24.2. The number of likely N-dealkylation sites (tertiary alicyclic amines) is 1. The molecule has 5 rings (SSSR count). The SMILES string of the molecule is CCOc1ccc(/C(O)=C2\C(=O)C(=O)N(Cc3ccc4c(c3)OCO4)C2c2ccc(N(C)C)cc2)cc1. The van der Waals surface area contributed by atoms with Crippen molar-refractivity contribution in [2.24, 2.45) is 0 Å². The van der Waals surface area contributed by atoms with Crippen LogP contribution in [0.1, 0.15) is 29.7 Å². The number of aliphatic hydroxyl groups excluding tert-OH is 1. The summed E-state index contributed by atoms with van der Waals surface area (Å²) in [5.74, 6) is 0.252. The first-order valence-electron chi connectivity index (χ1n) is 12.0. The summed E-state index contributed by atoms with van der Waals surface area (Å²) in [4.78, 5) is 30.1. The maximum absolute atomic E-state index is 13.3. The number of fused-ring (bicyclic) bond motifs is 1. The number of hydrogen-bond acceptors (Lipinski definition) is 7. The number of carbonyl (C=O) groups is 2. The van der Waals surface area contributed by atoms with Gasteiger partial charge in [0.15, 0.2) is 11.5 Å². The van der Waals surface area contributed by atoms with Gasteiger partial charge in [-0.3, -0.25) is 9.59 Å². The minimum absolute atomic E-state index is 0.0486. The first-order chi connectivity index (χ1) is 17.9. The Kier molecular flexibility index (Phi) is 6.48. The van der Waals surface area contributed by atoms with Gasteiger partial charge in [-0.25, -0.2) is 0 Å². The molecule has 0 radical (unpaired) electrons. The highest BCUT2D eigenvalue weighted by atomic mass is 16.7. The second kappa shape index (κ2) is 9.89. The van der Waals surface area contributed by atoms with Crippen LogP contribution in [0.2, 0.25) is 0 Å². The summed E-state index contributed by atoms with van der Waals surface area (Å²) in [7, 11) is 3.87. The third kappa shape index (κ3) is 4.58. The molecular weight excluding hydrogens is 472 g/mol. The van der Waals surface area contributed by atoms with Gasteiger partial charge in [0.2, 0.25) is 6.79 Å². The minimum atomic E-state index is -0.770. The van der Waals surface area contributed by atoms with Gasteiger partial charge in [-0.2, -0.15) is 0 Å². The van der Waals surface area contributed by atoms with Crippen LogP contribution in [0.15, 0.2) is 72.3 Å². The Morgan fingerprint density at radius 3 is 2.38 bits per heavy atom. The van der Waals surface area contributed by atoms with E-state index in [0.29, 0.717) is 29.4 Å². The fourth-order valence-corrected chi connectivity index (χ4v) is 4.61. The Balaban J connectivity index is 1.58. The van der Waals surface area contributed by atoms with Crippen molar-refractivity contribution in [3.05, 3.63) is 89.0 Å². The number of carbonyl (C=O) groups excluding carboxylic acids is 2. The van der Waals surface area contributed by atoms with Gasteiger partial charge in [-0.1, -0.05) is 18.2 Å². The summed E-state index contributed by atoms with van der Waals surface area (Å²) < 4.78 is 16.4. The van der Waals surface area contributed by atoms with Crippen LogP contribution in [0.25, 0.3) is 5.76 Å². The highest BCUT2D eigenvalue weighted by molar-refractivity contribution is 6.46. The summed E-state index contributed by atoms with van der Waals surface area (Å²) in [5, 5.41) is 11.3. The van der Waals surface area contributed by atoms with Crippen molar-refractivity contribution in [2.75, 3.05) is 32.4 Å². The normalized spacial score (nSPS) is 17.8. The molecule has 3 aromatic rings.